The monoisotopic (exact) mass is 397 g/mol. The summed E-state index contributed by atoms with van der Waals surface area (Å²) in [6.45, 7) is 3.60. The second-order valence-corrected chi connectivity index (χ2v) is 7.82. The van der Waals surface area contributed by atoms with E-state index in [1.807, 2.05) is 43.3 Å². The van der Waals surface area contributed by atoms with Crippen LogP contribution in [0.4, 0.5) is 5.13 Å². The molecule has 4 aromatic rings. The van der Waals surface area contributed by atoms with Crippen LogP contribution in [0.1, 0.15) is 18.5 Å². The molecule has 0 aliphatic rings. The first kappa shape index (κ1) is 17.7. The Morgan fingerprint density at radius 1 is 1.22 bits per heavy atom. The molecule has 2 aromatic carbocycles. The van der Waals surface area contributed by atoms with Crippen molar-refractivity contribution in [3.8, 4) is 0 Å². The minimum atomic E-state index is -0.682. The lowest BCUT2D eigenvalue weighted by molar-refractivity contribution is -0.118. The summed E-state index contributed by atoms with van der Waals surface area (Å²) in [5.74, 6) is -0.295. The van der Waals surface area contributed by atoms with Gasteiger partial charge in [-0.25, -0.2) is 4.98 Å². The molecule has 2 heterocycles. The van der Waals surface area contributed by atoms with Crippen LogP contribution < -0.4 is 10.9 Å². The summed E-state index contributed by atoms with van der Waals surface area (Å²) in [6, 6.07) is 13.8. The summed E-state index contributed by atoms with van der Waals surface area (Å²) in [5, 5.41) is 4.87. The number of anilines is 1. The van der Waals surface area contributed by atoms with Gasteiger partial charge in [0.2, 0.25) is 5.91 Å². The van der Waals surface area contributed by atoms with E-state index in [0.29, 0.717) is 10.2 Å². The number of hydrogen-bond donors (Lipinski definition) is 1. The molecule has 27 heavy (non-hydrogen) atoms. The number of aromatic nitrogens is 2. The molecule has 2 aromatic heterocycles. The van der Waals surface area contributed by atoms with Gasteiger partial charge in [-0.3, -0.25) is 14.2 Å². The van der Waals surface area contributed by atoms with E-state index in [0.717, 1.165) is 26.7 Å². The second kappa shape index (κ2) is 6.79. The molecule has 1 unspecified atom stereocenters. The first-order chi connectivity index (χ1) is 12.9. The highest BCUT2D eigenvalue weighted by Crippen LogP contribution is 2.29. The Hall–Kier alpha value is -2.70. The topological polar surface area (TPSA) is 64.0 Å². The lowest BCUT2D eigenvalue weighted by Gasteiger charge is -2.18. The van der Waals surface area contributed by atoms with Crippen LogP contribution in [0.15, 0.2) is 53.3 Å². The molecule has 0 fully saturated rings. The number of nitrogens with zero attached hydrogens (tertiary/aromatic N) is 2. The van der Waals surface area contributed by atoms with E-state index in [1.54, 1.807) is 19.1 Å². The van der Waals surface area contributed by atoms with Gasteiger partial charge in [0, 0.05) is 16.5 Å². The highest BCUT2D eigenvalue weighted by atomic mass is 35.5. The molecule has 1 amide bonds. The van der Waals surface area contributed by atoms with E-state index in [-0.39, 0.29) is 11.5 Å². The number of nitrogens with one attached hydrogen (secondary N) is 1. The Balaban J connectivity index is 1.70. The number of para-hydroxylation sites is 1. The first-order valence-corrected chi connectivity index (χ1v) is 9.61. The smallest absolute Gasteiger partial charge is 0.252 e. The molecular weight excluding hydrogens is 382 g/mol. The number of hydrogen-bond acceptors (Lipinski definition) is 4. The van der Waals surface area contributed by atoms with Crippen molar-refractivity contribution in [2.45, 2.75) is 19.9 Å². The van der Waals surface area contributed by atoms with E-state index >= 15 is 0 Å². The molecule has 4 rings (SSSR count). The van der Waals surface area contributed by atoms with Crippen molar-refractivity contribution < 1.29 is 4.79 Å². The normalized spacial score (nSPS) is 12.4. The highest BCUT2D eigenvalue weighted by Gasteiger charge is 2.20. The molecule has 0 aliphatic heterocycles. The number of carbonyl (C=O) groups is 1. The third-order valence-corrected chi connectivity index (χ3v) is 5.68. The zero-order valence-electron chi connectivity index (χ0n) is 14.7. The van der Waals surface area contributed by atoms with Crippen LogP contribution in [0.2, 0.25) is 5.02 Å². The molecule has 5 nitrogen and oxygen atoms in total. The summed E-state index contributed by atoms with van der Waals surface area (Å²) in [5.41, 5.74) is 2.19. The largest absolute Gasteiger partial charge is 0.300 e. The Kier molecular flexibility index (Phi) is 4.45. The number of pyridine rings is 1. The third kappa shape index (κ3) is 3.22. The highest BCUT2D eigenvalue weighted by molar-refractivity contribution is 7.22. The van der Waals surface area contributed by atoms with Crippen LogP contribution in [0.5, 0.6) is 0 Å². The predicted molar refractivity (Wildman–Crippen MR) is 111 cm³/mol. The Bertz CT molecular complexity index is 1250. The molecule has 7 heteroatoms. The van der Waals surface area contributed by atoms with Crippen LogP contribution in [-0.4, -0.2) is 15.5 Å². The van der Waals surface area contributed by atoms with Gasteiger partial charge < -0.3 is 5.32 Å². The van der Waals surface area contributed by atoms with Crippen LogP contribution >= 0.6 is 22.9 Å². The van der Waals surface area contributed by atoms with E-state index in [2.05, 4.69) is 10.3 Å². The Labute approximate surface area is 164 Å². The van der Waals surface area contributed by atoms with Gasteiger partial charge >= 0.3 is 0 Å². The maximum atomic E-state index is 12.8. The van der Waals surface area contributed by atoms with Gasteiger partial charge in [0.15, 0.2) is 5.13 Å². The van der Waals surface area contributed by atoms with E-state index in [4.69, 9.17) is 11.6 Å². The number of rotatable bonds is 3. The number of halogens is 1. The Morgan fingerprint density at radius 3 is 2.81 bits per heavy atom. The molecule has 0 spiro atoms. The zero-order valence-corrected chi connectivity index (χ0v) is 16.3. The lowest BCUT2D eigenvalue weighted by atomic mass is 10.1. The van der Waals surface area contributed by atoms with Gasteiger partial charge in [0.1, 0.15) is 6.04 Å². The second-order valence-electron chi connectivity index (χ2n) is 6.35. The number of carbonyl (C=O) groups excluding carboxylic acids is 1. The van der Waals surface area contributed by atoms with E-state index in [9.17, 15) is 9.59 Å². The van der Waals surface area contributed by atoms with Crippen molar-refractivity contribution >= 4 is 55.1 Å². The van der Waals surface area contributed by atoms with Crippen molar-refractivity contribution in [3.63, 3.8) is 0 Å². The molecule has 1 N–H and O–H groups in total. The summed E-state index contributed by atoms with van der Waals surface area (Å²) in [4.78, 5) is 29.8. The van der Waals surface area contributed by atoms with Gasteiger partial charge in [-0.1, -0.05) is 41.1 Å². The molecule has 1 atom stereocenters. The van der Waals surface area contributed by atoms with Gasteiger partial charge in [0.05, 0.1) is 15.7 Å². The number of benzene rings is 2. The molecule has 0 saturated carbocycles. The van der Waals surface area contributed by atoms with Crippen LogP contribution in [0, 0.1) is 6.92 Å². The van der Waals surface area contributed by atoms with Gasteiger partial charge in [0.25, 0.3) is 5.56 Å². The summed E-state index contributed by atoms with van der Waals surface area (Å²) < 4.78 is 2.41. The minimum Gasteiger partial charge on any atom is -0.300 e. The van der Waals surface area contributed by atoms with Gasteiger partial charge in [-0.05, 0) is 43.7 Å². The molecular formula is C20H16ClN3O2S. The maximum absolute atomic E-state index is 12.8. The van der Waals surface area contributed by atoms with Crippen LogP contribution in [0.3, 0.4) is 0 Å². The summed E-state index contributed by atoms with van der Waals surface area (Å²) >= 11 is 7.35. The fraction of sp³-hybridized carbons (Fsp3) is 0.150. The van der Waals surface area contributed by atoms with E-state index in [1.165, 1.54) is 15.9 Å². The molecule has 136 valence electrons. The maximum Gasteiger partial charge on any atom is 0.252 e. The summed E-state index contributed by atoms with van der Waals surface area (Å²) in [6.07, 6.45) is 0. The average molecular weight is 398 g/mol. The van der Waals surface area contributed by atoms with Crippen molar-refractivity contribution in [3.05, 3.63) is 69.5 Å². The Morgan fingerprint density at radius 2 is 2.00 bits per heavy atom. The molecule has 0 bridgehead atoms. The van der Waals surface area contributed by atoms with Gasteiger partial charge in [-0.2, -0.15) is 0 Å². The number of aryl methyl sites for hydroxylation is 1. The number of fused-ring (bicyclic) bond motifs is 2. The van der Waals surface area contributed by atoms with Crippen molar-refractivity contribution in [1.82, 2.24) is 9.55 Å². The lowest BCUT2D eigenvalue weighted by Crippen LogP contribution is -2.31. The number of thiazole rings is 1. The SMILES string of the molecule is Cc1cc(=O)n(C(C)C(=O)Nc2nc3ccc(Cl)cc3s2)c2ccccc12. The molecule has 0 saturated heterocycles. The number of amides is 1. The quantitative estimate of drug-likeness (QED) is 0.541. The zero-order chi connectivity index (χ0) is 19.1. The fourth-order valence-corrected chi connectivity index (χ4v) is 4.29. The van der Waals surface area contributed by atoms with Gasteiger partial charge in [-0.15, -0.1) is 0 Å². The minimum absolute atomic E-state index is 0.204. The van der Waals surface area contributed by atoms with Crippen molar-refractivity contribution in [1.29, 1.82) is 0 Å². The van der Waals surface area contributed by atoms with E-state index < -0.39 is 6.04 Å². The van der Waals surface area contributed by atoms with Crippen LogP contribution in [0.25, 0.3) is 21.1 Å². The fourth-order valence-electron chi connectivity index (χ4n) is 3.15. The standard InChI is InChI=1S/C20H16ClN3O2S/c1-11-9-18(25)24(16-6-4-3-5-14(11)16)12(2)19(26)23-20-22-15-8-7-13(21)10-17(15)27-20/h3-10,12H,1-2H3,(H,22,23,26). The predicted octanol–water partition coefficient (Wildman–Crippen LogP) is 4.77. The van der Waals surface area contributed by atoms with Crippen molar-refractivity contribution in [2.75, 3.05) is 5.32 Å². The average Bonchev–Trinajstić information content (AvgIpc) is 3.02. The first-order valence-electron chi connectivity index (χ1n) is 8.42. The third-order valence-electron chi connectivity index (χ3n) is 4.51. The van der Waals surface area contributed by atoms with Crippen LogP contribution in [-0.2, 0) is 4.79 Å². The molecule has 0 radical (unpaired) electrons. The summed E-state index contributed by atoms with van der Waals surface area (Å²) in [7, 11) is 0. The molecule has 0 aliphatic carbocycles. The van der Waals surface area contributed by atoms with Crippen molar-refractivity contribution in [2.24, 2.45) is 0 Å².